The van der Waals surface area contributed by atoms with E-state index in [1.807, 2.05) is 25.2 Å². The summed E-state index contributed by atoms with van der Waals surface area (Å²) in [5.74, 6) is 1.05. The second kappa shape index (κ2) is 8.52. The highest BCUT2D eigenvalue weighted by Crippen LogP contribution is 2.27. The molecule has 1 aromatic carbocycles. The predicted octanol–water partition coefficient (Wildman–Crippen LogP) is 1.21. The van der Waals surface area contributed by atoms with Crippen LogP contribution >= 0.6 is 12.4 Å². The molecule has 2 N–H and O–H groups in total. The minimum absolute atomic E-state index is 0. The average Bonchev–Trinajstić information content (AvgIpc) is 2.96. The smallest absolute Gasteiger partial charge is 0.234 e. The number of amides is 1. The van der Waals surface area contributed by atoms with Gasteiger partial charge < -0.3 is 15.4 Å². The maximum Gasteiger partial charge on any atom is 0.234 e. The fraction of sp³-hybridized carbons (Fsp3) is 0.588. The highest BCUT2D eigenvalue weighted by molar-refractivity contribution is 5.85. The Kier molecular flexibility index (Phi) is 6.69. The van der Waals surface area contributed by atoms with Crippen LogP contribution in [0.25, 0.3) is 0 Å². The Morgan fingerprint density at radius 3 is 3.00 bits per heavy atom. The average molecular weight is 340 g/mol. The third-order valence-electron chi connectivity index (χ3n) is 4.52. The third-order valence-corrected chi connectivity index (χ3v) is 4.52. The summed E-state index contributed by atoms with van der Waals surface area (Å²) in [6, 6.07) is 8.59. The molecule has 0 aliphatic carbocycles. The molecule has 1 fully saturated rings. The van der Waals surface area contributed by atoms with E-state index >= 15 is 0 Å². The third kappa shape index (κ3) is 4.83. The molecule has 2 heterocycles. The second-order valence-electron chi connectivity index (χ2n) is 6.22. The fourth-order valence-electron chi connectivity index (χ4n) is 3.29. The van der Waals surface area contributed by atoms with E-state index in [1.54, 1.807) is 0 Å². The molecule has 0 radical (unpaired) electrons. The molecule has 0 bridgehead atoms. The zero-order chi connectivity index (χ0) is 15.4. The van der Waals surface area contributed by atoms with Gasteiger partial charge in [0.05, 0.1) is 13.1 Å². The van der Waals surface area contributed by atoms with Gasteiger partial charge in [0, 0.05) is 19.0 Å². The van der Waals surface area contributed by atoms with Crippen LogP contribution in [0.3, 0.4) is 0 Å². The van der Waals surface area contributed by atoms with Gasteiger partial charge in [-0.05, 0) is 38.1 Å². The van der Waals surface area contributed by atoms with Crippen LogP contribution in [-0.2, 0) is 11.2 Å². The Morgan fingerprint density at radius 2 is 2.22 bits per heavy atom. The summed E-state index contributed by atoms with van der Waals surface area (Å²) in [7, 11) is 1.99. The van der Waals surface area contributed by atoms with E-state index in [9.17, 15) is 4.79 Å². The number of halogens is 1. The van der Waals surface area contributed by atoms with Gasteiger partial charge in [0.25, 0.3) is 0 Å². The molecule has 2 aliphatic rings. The Bertz CT molecular complexity index is 501. The van der Waals surface area contributed by atoms with E-state index in [0.29, 0.717) is 19.1 Å². The van der Waals surface area contributed by atoms with Crippen LogP contribution in [0, 0.1) is 0 Å². The first-order valence-corrected chi connectivity index (χ1v) is 8.15. The summed E-state index contributed by atoms with van der Waals surface area (Å²) in [4.78, 5) is 14.3. The van der Waals surface area contributed by atoms with Crippen molar-refractivity contribution in [2.45, 2.75) is 31.4 Å². The van der Waals surface area contributed by atoms with Crippen LogP contribution in [0.5, 0.6) is 5.75 Å². The molecule has 1 aromatic rings. The number of hydrogen-bond donors (Lipinski definition) is 2. The van der Waals surface area contributed by atoms with Gasteiger partial charge in [-0.1, -0.05) is 18.2 Å². The quantitative estimate of drug-likeness (QED) is 0.846. The van der Waals surface area contributed by atoms with Crippen LogP contribution in [-0.4, -0.2) is 56.2 Å². The lowest BCUT2D eigenvalue weighted by molar-refractivity contribution is -0.122. The van der Waals surface area contributed by atoms with Crippen LogP contribution in [0.4, 0.5) is 0 Å². The Balaban J connectivity index is 0.00000192. The first kappa shape index (κ1) is 18.0. The number of likely N-dealkylation sites (tertiary alicyclic amines) is 1. The highest BCUT2D eigenvalue weighted by Gasteiger charge is 2.24. The molecule has 1 saturated heterocycles. The fourth-order valence-corrected chi connectivity index (χ4v) is 3.29. The van der Waals surface area contributed by atoms with E-state index in [-0.39, 0.29) is 24.4 Å². The van der Waals surface area contributed by atoms with Crippen molar-refractivity contribution in [3.8, 4) is 5.75 Å². The molecule has 128 valence electrons. The Morgan fingerprint density at radius 1 is 1.39 bits per heavy atom. The first-order valence-electron chi connectivity index (χ1n) is 8.15. The molecule has 0 saturated carbocycles. The number of piperidine rings is 1. The van der Waals surface area contributed by atoms with Crippen molar-refractivity contribution in [1.82, 2.24) is 15.5 Å². The molecule has 23 heavy (non-hydrogen) atoms. The molecule has 0 aromatic heterocycles. The number of hydrogen-bond acceptors (Lipinski definition) is 4. The van der Waals surface area contributed by atoms with Crippen LogP contribution in [0.2, 0.25) is 0 Å². The van der Waals surface area contributed by atoms with E-state index in [4.69, 9.17) is 4.74 Å². The maximum absolute atomic E-state index is 12.1. The van der Waals surface area contributed by atoms with Gasteiger partial charge in [-0.2, -0.15) is 0 Å². The lowest BCUT2D eigenvalue weighted by Gasteiger charge is -2.32. The summed E-state index contributed by atoms with van der Waals surface area (Å²) in [6.07, 6.45) is 3.29. The van der Waals surface area contributed by atoms with Gasteiger partial charge in [-0.3, -0.25) is 9.69 Å². The predicted molar refractivity (Wildman–Crippen MR) is 93.3 cm³/mol. The van der Waals surface area contributed by atoms with E-state index in [1.165, 1.54) is 12.0 Å². The zero-order valence-electron chi connectivity index (χ0n) is 13.6. The van der Waals surface area contributed by atoms with Crippen molar-refractivity contribution in [3.05, 3.63) is 29.8 Å². The molecule has 2 aliphatic heterocycles. The molecule has 0 spiro atoms. The van der Waals surface area contributed by atoms with Gasteiger partial charge >= 0.3 is 0 Å². The summed E-state index contributed by atoms with van der Waals surface area (Å²) in [5, 5.41) is 6.31. The number of carbonyl (C=O) groups is 1. The molecular formula is C17H26ClN3O2. The molecule has 1 amide bonds. The van der Waals surface area contributed by atoms with Crippen molar-refractivity contribution in [1.29, 1.82) is 0 Å². The maximum atomic E-state index is 12.1. The van der Waals surface area contributed by atoms with E-state index in [0.717, 1.165) is 31.7 Å². The number of ether oxygens (including phenoxy) is 1. The Labute approximate surface area is 144 Å². The van der Waals surface area contributed by atoms with Crippen LogP contribution in [0.1, 0.15) is 18.4 Å². The number of benzene rings is 1. The van der Waals surface area contributed by atoms with Gasteiger partial charge in [0.1, 0.15) is 11.9 Å². The van der Waals surface area contributed by atoms with Crippen molar-refractivity contribution < 1.29 is 9.53 Å². The lowest BCUT2D eigenvalue weighted by Crippen LogP contribution is -2.48. The molecular weight excluding hydrogens is 314 g/mol. The topological polar surface area (TPSA) is 53.6 Å². The summed E-state index contributed by atoms with van der Waals surface area (Å²) >= 11 is 0. The monoisotopic (exact) mass is 339 g/mol. The van der Waals surface area contributed by atoms with Gasteiger partial charge in [-0.25, -0.2) is 0 Å². The van der Waals surface area contributed by atoms with Crippen LogP contribution in [0.15, 0.2) is 24.3 Å². The zero-order valence-corrected chi connectivity index (χ0v) is 14.4. The number of nitrogens with zero attached hydrogens (tertiary/aromatic N) is 1. The lowest BCUT2D eigenvalue weighted by atomic mass is 10.1. The summed E-state index contributed by atoms with van der Waals surface area (Å²) in [6.45, 7) is 3.03. The SMILES string of the molecule is CNC1CCCN(CC(=O)NCC2Cc3ccccc3O2)C1.Cl. The summed E-state index contributed by atoms with van der Waals surface area (Å²) in [5.41, 5.74) is 1.23. The molecule has 3 rings (SSSR count). The number of carbonyl (C=O) groups excluding carboxylic acids is 1. The van der Waals surface area contributed by atoms with Gasteiger partial charge in [0.15, 0.2) is 0 Å². The number of para-hydroxylation sites is 1. The minimum Gasteiger partial charge on any atom is -0.488 e. The number of fused-ring (bicyclic) bond motifs is 1. The van der Waals surface area contributed by atoms with Gasteiger partial charge in [0.2, 0.25) is 5.91 Å². The second-order valence-corrected chi connectivity index (χ2v) is 6.22. The Hall–Kier alpha value is -1.30. The molecule has 5 nitrogen and oxygen atoms in total. The van der Waals surface area contributed by atoms with Crippen LogP contribution < -0.4 is 15.4 Å². The van der Waals surface area contributed by atoms with Crippen molar-refractivity contribution >= 4 is 18.3 Å². The minimum atomic E-state index is 0. The first-order chi connectivity index (χ1) is 10.7. The molecule has 2 atom stereocenters. The van der Waals surface area contributed by atoms with E-state index < -0.39 is 0 Å². The molecule has 6 heteroatoms. The number of rotatable bonds is 5. The normalized spacial score (nSPS) is 23.5. The summed E-state index contributed by atoms with van der Waals surface area (Å²) < 4.78 is 5.84. The highest BCUT2D eigenvalue weighted by atomic mass is 35.5. The molecule has 2 unspecified atom stereocenters. The van der Waals surface area contributed by atoms with Crippen molar-refractivity contribution in [3.63, 3.8) is 0 Å². The van der Waals surface area contributed by atoms with E-state index in [2.05, 4.69) is 21.6 Å². The largest absolute Gasteiger partial charge is 0.488 e. The number of nitrogens with one attached hydrogen (secondary N) is 2. The van der Waals surface area contributed by atoms with Crippen molar-refractivity contribution in [2.75, 3.05) is 33.2 Å². The standard InChI is InChI=1S/C17H25N3O2.ClH/c1-18-14-6-4-8-20(11-14)12-17(21)19-10-15-9-13-5-2-3-7-16(13)22-15;/h2-3,5,7,14-15,18H,4,6,8-12H2,1H3,(H,19,21);1H. The van der Waals surface area contributed by atoms with Gasteiger partial charge in [-0.15, -0.1) is 12.4 Å². The van der Waals surface area contributed by atoms with Crippen molar-refractivity contribution in [2.24, 2.45) is 0 Å². The number of likely N-dealkylation sites (N-methyl/N-ethyl adjacent to an activating group) is 1.